The normalized spacial score (nSPS) is 20.2. The lowest BCUT2D eigenvalue weighted by Gasteiger charge is -2.30. The van der Waals surface area contributed by atoms with E-state index in [0.717, 1.165) is 10.4 Å². The van der Waals surface area contributed by atoms with E-state index in [1.807, 2.05) is 0 Å². The van der Waals surface area contributed by atoms with Crippen molar-refractivity contribution in [2.45, 2.75) is 11.0 Å². The van der Waals surface area contributed by atoms with Crippen LogP contribution in [0, 0.1) is 5.82 Å². The number of methoxy groups -OCH3 is 1. The van der Waals surface area contributed by atoms with E-state index in [1.165, 1.54) is 19.2 Å². The summed E-state index contributed by atoms with van der Waals surface area (Å²) >= 11 is 0. The van der Waals surface area contributed by atoms with Crippen molar-refractivity contribution in [3.63, 3.8) is 0 Å². The lowest BCUT2D eigenvalue weighted by molar-refractivity contribution is -0.153. The number of ether oxygens (including phenoxy) is 2. The number of carbonyl (C=O) groups is 1. The molecular weight excluding hydrogens is 305 g/mol. The summed E-state index contributed by atoms with van der Waals surface area (Å²) in [5, 5.41) is 8.88. The molecule has 0 radical (unpaired) electrons. The maximum atomic E-state index is 13.6. The van der Waals surface area contributed by atoms with Gasteiger partial charge < -0.3 is 14.6 Å². The van der Waals surface area contributed by atoms with Gasteiger partial charge in [0.1, 0.15) is 0 Å². The van der Waals surface area contributed by atoms with Crippen LogP contribution in [0.4, 0.5) is 4.39 Å². The van der Waals surface area contributed by atoms with Gasteiger partial charge in [-0.2, -0.15) is 4.31 Å². The smallest absolute Gasteiger partial charge is 0.334 e. The van der Waals surface area contributed by atoms with Crippen molar-refractivity contribution in [3.8, 4) is 5.75 Å². The molecule has 0 spiro atoms. The predicted molar refractivity (Wildman–Crippen MR) is 69.1 cm³/mol. The number of nitrogens with zero attached hydrogens (tertiary/aromatic N) is 1. The first-order valence-electron chi connectivity index (χ1n) is 6.04. The molecule has 21 heavy (non-hydrogen) atoms. The van der Waals surface area contributed by atoms with Crippen LogP contribution in [0.15, 0.2) is 23.1 Å². The maximum absolute atomic E-state index is 13.6. The van der Waals surface area contributed by atoms with Gasteiger partial charge in [-0.3, -0.25) is 0 Å². The fourth-order valence-corrected chi connectivity index (χ4v) is 3.39. The standard InChI is InChI=1S/C12H14FNO6S/c1-19-10-3-2-8(6-9(10)13)21(17,18)14-4-5-20-11(7-14)12(15)16/h2-3,6,11H,4-5,7H2,1H3,(H,15,16). The quantitative estimate of drug-likeness (QED) is 0.858. The first-order valence-corrected chi connectivity index (χ1v) is 7.48. The number of morpholine rings is 1. The molecule has 0 saturated carbocycles. The van der Waals surface area contributed by atoms with Gasteiger partial charge in [0.05, 0.1) is 25.2 Å². The Morgan fingerprint density at radius 3 is 2.81 bits per heavy atom. The minimum Gasteiger partial charge on any atom is -0.494 e. The van der Waals surface area contributed by atoms with Crippen molar-refractivity contribution >= 4 is 16.0 Å². The van der Waals surface area contributed by atoms with E-state index in [1.54, 1.807) is 0 Å². The molecule has 116 valence electrons. The molecule has 0 aromatic heterocycles. The van der Waals surface area contributed by atoms with Crippen LogP contribution in [0.2, 0.25) is 0 Å². The molecule has 7 nitrogen and oxygen atoms in total. The van der Waals surface area contributed by atoms with Crippen LogP contribution in [0.3, 0.4) is 0 Å². The molecule has 0 amide bonds. The van der Waals surface area contributed by atoms with Crippen molar-refractivity contribution in [3.05, 3.63) is 24.0 Å². The van der Waals surface area contributed by atoms with E-state index in [0.29, 0.717) is 0 Å². The lowest BCUT2D eigenvalue weighted by atomic mass is 10.3. The number of carboxylic acids is 1. The summed E-state index contributed by atoms with van der Waals surface area (Å²) in [6.45, 7) is -0.333. The van der Waals surface area contributed by atoms with Gasteiger partial charge in [0.25, 0.3) is 0 Å². The van der Waals surface area contributed by atoms with Crippen LogP contribution in [0.5, 0.6) is 5.75 Å². The fourth-order valence-electron chi connectivity index (χ4n) is 1.95. The Morgan fingerprint density at radius 1 is 1.52 bits per heavy atom. The molecule has 0 aliphatic carbocycles. The fraction of sp³-hybridized carbons (Fsp3) is 0.417. The van der Waals surface area contributed by atoms with Crippen LogP contribution < -0.4 is 4.74 Å². The zero-order valence-electron chi connectivity index (χ0n) is 11.2. The summed E-state index contributed by atoms with van der Waals surface area (Å²) in [6, 6.07) is 3.26. The zero-order valence-corrected chi connectivity index (χ0v) is 12.0. The molecule has 1 unspecified atom stereocenters. The molecule has 1 aromatic rings. The third kappa shape index (κ3) is 3.14. The third-order valence-corrected chi connectivity index (χ3v) is 4.93. The first kappa shape index (κ1) is 15.7. The van der Waals surface area contributed by atoms with Gasteiger partial charge >= 0.3 is 5.97 Å². The van der Waals surface area contributed by atoms with Crippen molar-refractivity contribution in [1.82, 2.24) is 4.31 Å². The molecular formula is C12H14FNO6S. The summed E-state index contributed by atoms with van der Waals surface area (Å²) in [4.78, 5) is 10.6. The van der Waals surface area contributed by atoms with Crippen LogP contribution in [-0.2, 0) is 19.6 Å². The molecule has 1 N–H and O–H groups in total. The molecule has 1 saturated heterocycles. The second-order valence-electron chi connectivity index (χ2n) is 4.36. The second-order valence-corrected chi connectivity index (χ2v) is 6.30. The van der Waals surface area contributed by atoms with Crippen LogP contribution in [0.1, 0.15) is 0 Å². The van der Waals surface area contributed by atoms with E-state index >= 15 is 0 Å². The topological polar surface area (TPSA) is 93.1 Å². The van der Waals surface area contributed by atoms with Gasteiger partial charge in [-0.05, 0) is 18.2 Å². The van der Waals surface area contributed by atoms with E-state index < -0.39 is 27.9 Å². The number of sulfonamides is 1. The van der Waals surface area contributed by atoms with Gasteiger partial charge in [0, 0.05) is 6.54 Å². The summed E-state index contributed by atoms with van der Waals surface area (Å²) in [5.74, 6) is -2.11. The maximum Gasteiger partial charge on any atom is 0.334 e. The number of halogens is 1. The predicted octanol–water partition coefficient (Wildman–Crippen LogP) is 0.308. The third-order valence-electron chi connectivity index (χ3n) is 3.07. The summed E-state index contributed by atoms with van der Waals surface area (Å²) < 4.78 is 49.0. The molecule has 1 aromatic carbocycles. The Bertz CT molecular complexity index is 647. The molecule has 2 rings (SSSR count). The number of hydrogen-bond acceptors (Lipinski definition) is 5. The van der Waals surface area contributed by atoms with Crippen LogP contribution in [0.25, 0.3) is 0 Å². The summed E-state index contributed by atoms with van der Waals surface area (Å²) in [7, 11) is -2.71. The van der Waals surface area contributed by atoms with E-state index in [2.05, 4.69) is 0 Å². The largest absolute Gasteiger partial charge is 0.494 e. The molecule has 1 fully saturated rings. The Kier molecular flexibility index (Phi) is 4.45. The van der Waals surface area contributed by atoms with Crippen molar-refractivity contribution < 1.29 is 32.2 Å². The average molecular weight is 319 g/mol. The summed E-state index contributed by atoms with van der Waals surface area (Å²) in [5.41, 5.74) is 0. The van der Waals surface area contributed by atoms with E-state index in [9.17, 15) is 17.6 Å². The molecule has 1 aliphatic rings. The summed E-state index contributed by atoms with van der Waals surface area (Å²) in [6.07, 6.45) is -1.23. The zero-order chi connectivity index (χ0) is 15.6. The van der Waals surface area contributed by atoms with Crippen LogP contribution >= 0.6 is 0 Å². The Labute approximate surface area is 120 Å². The minimum absolute atomic E-state index is 0.0137. The molecule has 9 heteroatoms. The highest BCUT2D eigenvalue weighted by Gasteiger charge is 2.34. The highest BCUT2D eigenvalue weighted by atomic mass is 32.2. The number of rotatable bonds is 4. The Balaban J connectivity index is 2.29. The van der Waals surface area contributed by atoms with Crippen LogP contribution in [-0.4, -0.2) is 56.7 Å². The molecule has 1 aliphatic heterocycles. The number of benzene rings is 1. The van der Waals surface area contributed by atoms with Crippen molar-refractivity contribution in [1.29, 1.82) is 0 Å². The minimum atomic E-state index is -3.98. The number of carboxylic acid groups (broad SMARTS) is 1. The molecule has 1 heterocycles. The van der Waals surface area contributed by atoms with Gasteiger partial charge in [-0.25, -0.2) is 17.6 Å². The highest BCUT2D eigenvalue weighted by Crippen LogP contribution is 2.24. The Morgan fingerprint density at radius 2 is 2.24 bits per heavy atom. The van der Waals surface area contributed by atoms with Gasteiger partial charge in [0.15, 0.2) is 17.7 Å². The van der Waals surface area contributed by atoms with Gasteiger partial charge in [-0.15, -0.1) is 0 Å². The average Bonchev–Trinajstić information content (AvgIpc) is 2.47. The van der Waals surface area contributed by atoms with E-state index in [-0.39, 0.29) is 30.3 Å². The SMILES string of the molecule is COc1ccc(S(=O)(=O)N2CCOC(C(=O)O)C2)cc1F. The second kappa shape index (κ2) is 5.96. The van der Waals surface area contributed by atoms with Crippen molar-refractivity contribution in [2.24, 2.45) is 0 Å². The number of hydrogen-bond donors (Lipinski definition) is 1. The van der Waals surface area contributed by atoms with E-state index in [4.69, 9.17) is 14.6 Å². The lowest BCUT2D eigenvalue weighted by Crippen LogP contribution is -2.48. The number of aliphatic carboxylic acids is 1. The highest BCUT2D eigenvalue weighted by molar-refractivity contribution is 7.89. The Hall–Kier alpha value is -1.71. The van der Waals surface area contributed by atoms with Crippen molar-refractivity contribution in [2.75, 3.05) is 26.8 Å². The van der Waals surface area contributed by atoms with Gasteiger partial charge in [0.2, 0.25) is 10.0 Å². The first-order chi connectivity index (χ1) is 9.86. The van der Waals surface area contributed by atoms with Gasteiger partial charge in [-0.1, -0.05) is 0 Å². The monoisotopic (exact) mass is 319 g/mol. The molecule has 1 atom stereocenters. The molecule has 0 bridgehead atoms.